The summed E-state index contributed by atoms with van der Waals surface area (Å²) in [7, 11) is 3.12. The average Bonchev–Trinajstić information content (AvgIpc) is 2.41. The molecule has 1 aromatic rings. The van der Waals surface area contributed by atoms with Crippen LogP contribution < -0.4 is 10.1 Å². The first-order chi connectivity index (χ1) is 9.15. The van der Waals surface area contributed by atoms with Crippen molar-refractivity contribution in [3.63, 3.8) is 0 Å². The molecule has 1 aromatic carbocycles. The Bertz CT molecular complexity index is 441. The van der Waals surface area contributed by atoms with Crippen LogP contribution in [0.5, 0.6) is 5.75 Å². The summed E-state index contributed by atoms with van der Waals surface area (Å²) in [5, 5.41) is 3.29. The van der Waals surface area contributed by atoms with E-state index >= 15 is 0 Å². The number of carbonyl (C=O) groups is 1. The smallest absolute Gasteiger partial charge is 0.322 e. The monoisotopic (exact) mass is 263 g/mol. The molecule has 0 bridgehead atoms. The van der Waals surface area contributed by atoms with E-state index in [0.717, 1.165) is 18.6 Å². The van der Waals surface area contributed by atoms with Gasteiger partial charge in [-0.1, -0.05) is 18.2 Å². The van der Waals surface area contributed by atoms with Gasteiger partial charge in [-0.3, -0.25) is 4.79 Å². The minimum Gasteiger partial charge on any atom is -0.496 e. The highest BCUT2D eigenvalue weighted by molar-refractivity contribution is 5.75. The number of esters is 1. The molecule has 1 N–H and O–H groups in total. The molecule has 1 saturated carbocycles. The highest BCUT2D eigenvalue weighted by Gasteiger charge is 2.33. The maximum absolute atomic E-state index is 11.3. The first kappa shape index (κ1) is 13.9. The van der Waals surface area contributed by atoms with E-state index in [0.29, 0.717) is 12.0 Å². The van der Waals surface area contributed by atoms with Gasteiger partial charge in [-0.15, -0.1) is 0 Å². The van der Waals surface area contributed by atoms with Crippen LogP contribution in [-0.4, -0.2) is 32.3 Å². The quantitative estimate of drug-likeness (QED) is 0.826. The summed E-state index contributed by atoms with van der Waals surface area (Å²) in [4.78, 5) is 11.3. The third-order valence-corrected chi connectivity index (χ3v) is 3.76. The Kier molecular flexibility index (Phi) is 4.43. The zero-order valence-electron chi connectivity index (χ0n) is 11.7. The molecule has 0 aliphatic heterocycles. The SMILES string of the molecule is COC(=O)[C@H](C)NC1CC(c2ccccc2OC)C1. The Balaban J connectivity index is 1.88. The van der Waals surface area contributed by atoms with Crippen LogP contribution in [-0.2, 0) is 9.53 Å². The van der Waals surface area contributed by atoms with Gasteiger partial charge >= 0.3 is 5.97 Å². The van der Waals surface area contributed by atoms with Crippen LogP contribution in [0.15, 0.2) is 24.3 Å². The van der Waals surface area contributed by atoms with Crippen LogP contribution >= 0.6 is 0 Å². The van der Waals surface area contributed by atoms with Crippen LogP contribution in [0, 0.1) is 0 Å². The van der Waals surface area contributed by atoms with Gasteiger partial charge in [-0.05, 0) is 37.3 Å². The number of para-hydroxylation sites is 1. The lowest BCUT2D eigenvalue weighted by Gasteiger charge is -2.38. The van der Waals surface area contributed by atoms with Gasteiger partial charge in [-0.25, -0.2) is 0 Å². The number of benzene rings is 1. The highest BCUT2D eigenvalue weighted by Crippen LogP contribution is 2.41. The van der Waals surface area contributed by atoms with Gasteiger partial charge in [0.25, 0.3) is 0 Å². The molecule has 1 aliphatic carbocycles. The Morgan fingerprint density at radius 1 is 1.32 bits per heavy atom. The molecular formula is C15H21NO3. The summed E-state index contributed by atoms with van der Waals surface area (Å²) in [5.41, 5.74) is 1.26. The molecule has 104 valence electrons. The van der Waals surface area contributed by atoms with E-state index in [4.69, 9.17) is 9.47 Å². The topological polar surface area (TPSA) is 47.6 Å². The molecule has 0 radical (unpaired) electrons. The average molecular weight is 263 g/mol. The van der Waals surface area contributed by atoms with Crippen molar-refractivity contribution in [3.05, 3.63) is 29.8 Å². The van der Waals surface area contributed by atoms with Crippen LogP contribution in [0.1, 0.15) is 31.2 Å². The summed E-state index contributed by atoms with van der Waals surface area (Å²) in [6.45, 7) is 1.84. The van der Waals surface area contributed by atoms with E-state index in [9.17, 15) is 4.79 Å². The molecule has 1 aliphatic rings. The maximum Gasteiger partial charge on any atom is 0.322 e. The summed E-state index contributed by atoms with van der Waals surface area (Å²) < 4.78 is 10.1. The third-order valence-electron chi connectivity index (χ3n) is 3.76. The zero-order chi connectivity index (χ0) is 13.8. The van der Waals surface area contributed by atoms with Crippen LogP contribution in [0.3, 0.4) is 0 Å². The predicted octanol–water partition coefficient (Wildman–Crippen LogP) is 2.09. The van der Waals surface area contributed by atoms with E-state index in [1.54, 1.807) is 7.11 Å². The molecule has 4 heteroatoms. The first-order valence-electron chi connectivity index (χ1n) is 6.62. The van der Waals surface area contributed by atoms with Crippen molar-refractivity contribution in [3.8, 4) is 5.75 Å². The second-order valence-electron chi connectivity index (χ2n) is 5.02. The lowest BCUT2D eigenvalue weighted by atomic mass is 9.75. The third kappa shape index (κ3) is 3.07. The molecule has 1 fully saturated rings. The molecule has 4 nitrogen and oxygen atoms in total. The molecule has 19 heavy (non-hydrogen) atoms. The number of hydrogen-bond donors (Lipinski definition) is 1. The van der Waals surface area contributed by atoms with E-state index in [1.807, 2.05) is 25.1 Å². The normalized spacial score (nSPS) is 23.3. The molecule has 0 spiro atoms. The Morgan fingerprint density at radius 3 is 2.63 bits per heavy atom. The number of nitrogens with one attached hydrogen (secondary N) is 1. The van der Waals surface area contributed by atoms with E-state index in [1.165, 1.54) is 12.7 Å². The Labute approximate surface area is 114 Å². The van der Waals surface area contributed by atoms with Gasteiger partial charge in [0.05, 0.1) is 14.2 Å². The van der Waals surface area contributed by atoms with Gasteiger partial charge in [0.1, 0.15) is 11.8 Å². The molecule has 0 unspecified atom stereocenters. The first-order valence-corrected chi connectivity index (χ1v) is 6.62. The summed E-state index contributed by atoms with van der Waals surface area (Å²) in [5.74, 6) is 1.26. The summed E-state index contributed by atoms with van der Waals surface area (Å²) in [6, 6.07) is 8.26. The molecule has 0 saturated heterocycles. The summed E-state index contributed by atoms with van der Waals surface area (Å²) in [6.07, 6.45) is 2.06. The molecule has 1 atom stereocenters. The minimum absolute atomic E-state index is 0.208. The molecule has 0 amide bonds. The van der Waals surface area contributed by atoms with Crippen LogP contribution in [0.4, 0.5) is 0 Å². The van der Waals surface area contributed by atoms with Crippen molar-refractivity contribution in [1.29, 1.82) is 0 Å². The lowest BCUT2D eigenvalue weighted by Crippen LogP contribution is -2.47. The standard InChI is InChI=1S/C15H21NO3/c1-10(15(17)19-3)16-12-8-11(9-12)13-6-4-5-7-14(13)18-2/h4-7,10-12,16H,8-9H2,1-3H3/t10-,11?,12?/m0/s1. The Morgan fingerprint density at radius 2 is 2.00 bits per heavy atom. The van der Waals surface area contributed by atoms with Gasteiger partial charge in [0.15, 0.2) is 0 Å². The second kappa shape index (κ2) is 6.06. The predicted molar refractivity (Wildman–Crippen MR) is 73.4 cm³/mol. The molecule has 0 heterocycles. The molecule has 2 rings (SSSR count). The van der Waals surface area contributed by atoms with E-state index in [2.05, 4.69) is 11.4 Å². The fourth-order valence-electron chi connectivity index (χ4n) is 2.61. The van der Waals surface area contributed by atoms with Crippen molar-refractivity contribution < 1.29 is 14.3 Å². The fraction of sp³-hybridized carbons (Fsp3) is 0.533. The number of ether oxygens (including phenoxy) is 2. The van der Waals surface area contributed by atoms with E-state index < -0.39 is 0 Å². The Hall–Kier alpha value is -1.55. The van der Waals surface area contributed by atoms with Crippen LogP contribution in [0.25, 0.3) is 0 Å². The minimum atomic E-state index is -0.242. The van der Waals surface area contributed by atoms with Gasteiger partial charge in [-0.2, -0.15) is 0 Å². The summed E-state index contributed by atoms with van der Waals surface area (Å²) >= 11 is 0. The number of methoxy groups -OCH3 is 2. The van der Waals surface area contributed by atoms with Gasteiger partial charge in [0.2, 0.25) is 0 Å². The van der Waals surface area contributed by atoms with Crippen molar-refractivity contribution in [1.82, 2.24) is 5.32 Å². The fourth-order valence-corrected chi connectivity index (χ4v) is 2.61. The lowest BCUT2D eigenvalue weighted by molar-refractivity contribution is -0.143. The van der Waals surface area contributed by atoms with Crippen LogP contribution in [0.2, 0.25) is 0 Å². The number of carbonyl (C=O) groups excluding carboxylic acids is 1. The van der Waals surface area contributed by atoms with Crippen molar-refractivity contribution in [2.45, 2.75) is 37.8 Å². The van der Waals surface area contributed by atoms with Crippen molar-refractivity contribution in [2.75, 3.05) is 14.2 Å². The van der Waals surface area contributed by atoms with Crippen molar-refractivity contribution in [2.24, 2.45) is 0 Å². The number of hydrogen-bond acceptors (Lipinski definition) is 4. The second-order valence-corrected chi connectivity index (χ2v) is 5.02. The van der Waals surface area contributed by atoms with Crippen molar-refractivity contribution >= 4 is 5.97 Å². The number of rotatable bonds is 5. The molecular weight excluding hydrogens is 242 g/mol. The largest absolute Gasteiger partial charge is 0.496 e. The maximum atomic E-state index is 11.3. The van der Waals surface area contributed by atoms with Gasteiger partial charge in [0, 0.05) is 6.04 Å². The van der Waals surface area contributed by atoms with Gasteiger partial charge < -0.3 is 14.8 Å². The molecule has 0 aromatic heterocycles. The zero-order valence-corrected chi connectivity index (χ0v) is 11.7. The van der Waals surface area contributed by atoms with E-state index in [-0.39, 0.29) is 12.0 Å². The highest BCUT2D eigenvalue weighted by atomic mass is 16.5.